The van der Waals surface area contributed by atoms with Crippen molar-refractivity contribution in [3.63, 3.8) is 0 Å². The van der Waals surface area contributed by atoms with E-state index in [1.165, 1.54) is 11.1 Å². The molecule has 0 aliphatic rings. The molecule has 1 heterocycles. The standard InChI is InChI=1S/C24H28N2O4/c1-4-5-9-17-14-19-21(25-16-20(23(19)27)24(28)26(2)3)15-22(17)30-13-12-29-18-10-7-6-8-11-18/h6-8,10-11,14-16H,4-5,9,12-13H2,1-3H3,(H,25,27). The van der Waals surface area contributed by atoms with Crippen LogP contribution in [0.1, 0.15) is 35.7 Å². The van der Waals surface area contributed by atoms with Crippen LogP contribution in [-0.2, 0) is 6.42 Å². The first-order chi connectivity index (χ1) is 14.5. The van der Waals surface area contributed by atoms with Crippen LogP contribution in [0.15, 0.2) is 53.5 Å². The van der Waals surface area contributed by atoms with Crippen molar-refractivity contribution in [2.75, 3.05) is 27.3 Å². The van der Waals surface area contributed by atoms with E-state index in [0.717, 1.165) is 36.3 Å². The Kier molecular flexibility index (Phi) is 7.12. The Morgan fingerprint density at radius 3 is 2.50 bits per heavy atom. The molecule has 1 N–H and O–H groups in total. The van der Waals surface area contributed by atoms with Gasteiger partial charge in [0.25, 0.3) is 5.91 Å². The van der Waals surface area contributed by atoms with E-state index in [-0.39, 0.29) is 16.9 Å². The van der Waals surface area contributed by atoms with Crippen LogP contribution in [0.5, 0.6) is 11.5 Å². The van der Waals surface area contributed by atoms with Crippen LogP contribution >= 0.6 is 0 Å². The third-order valence-corrected chi connectivity index (χ3v) is 4.85. The lowest BCUT2D eigenvalue weighted by Gasteiger charge is -2.15. The average molecular weight is 408 g/mol. The molecule has 3 rings (SSSR count). The first kappa shape index (κ1) is 21.4. The number of para-hydroxylation sites is 1. The van der Waals surface area contributed by atoms with E-state index >= 15 is 0 Å². The second-order valence-corrected chi connectivity index (χ2v) is 7.35. The van der Waals surface area contributed by atoms with Gasteiger partial charge in [-0.15, -0.1) is 0 Å². The van der Waals surface area contributed by atoms with Gasteiger partial charge in [0.05, 0.1) is 5.52 Å². The number of fused-ring (bicyclic) bond motifs is 1. The third kappa shape index (κ3) is 5.00. The Hall–Kier alpha value is -3.28. The molecule has 0 saturated heterocycles. The Morgan fingerprint density at radius 2 is 1.80 bits per heavy atom. The molecule has 0 atom stereocenters. The molecule has 0 aliphatic carbocycles. The number of carbonyl (C=O) groups excluding carboxylic acids is 1. The lowest BCUT2D eigenvalue weighted by atomic mass is 10.0. The van der Waals surface area contributed by atoms with Gasteiger partial charge in [-0.1, -0.05) is 31.5 Å². The van der Waals surface area contributed by atoms with Gasteiger partial charge in [0, 0.05) is 31.7 Å². The van der Waals surface area contributed by atoms with Crippen LogP contribution in [0.3, 0.4) is 0 Å². The fraction of sp³-hybridized carbons (Fsp3) is 0.333. The number of benzene rings is 2. The SMILES string of the molecule is CCCCc1cc2c(=O)c(C(=O)N(C)C)c[nH]c2cc1OCCOc1ccccc1. The van der Waals surface area contributed by atoms with Crippen LogP contribution in [-0.4, -0.2) is 43.1 Å². The van der Waals surface area contributed by atoms with Gasteiger partial charge in [-0.25, -0.2) is 0 Å². The number of pyridine rings is 1. The van der Waals surface area contributed by atoms with Crippen molar-refractivity contribution in [2.24, 2.45) is 0 Å². The van der Waals surface area contributed by atoms with Crippen LogP contribution in [0.2, 0.25) is 0 Å². The molecule has 2 aromatic carbocycles. The second kappa shape index (κ2) is 9.96. The van der Waals surface area contributed by atoms with E-state index in [2.05, 4.69) is 11.9 Å². The number of rotatable bonds is 9. The number of unbranched alkanes of at least 4 members (excludes halogenated alkanes) is 1. The van der Waals surface area contributed by atoms with Crippen molar-refractivity contribution in [1.29, 1.82) is 0 Å². The van der Waals surface area contributed by atoms with Gasteiger partial charge >= 0.3 is 0 Å². The van der Waals surface area contributed by atoms with Crippen molar-refractivity contribution in [3.8, 4) is 11.5 Å². The number of hydrogen-bond donors (Lipinski definition) is 1. The molecule has 0 saturated carbocycles. The zero-order valence-corrected chi connectivity index (χ0v) is 17.7. The molecule has 1 aromatic heterocycles. The average Bonchev–Trinajstić information content (AvgIpc) is 2.76. The van der Waals surface area contributed by atoms with E-state index in [9.17, 15) is 9.59 Å². The molecule has 1 amide bonds. The maximum absolute atomic E-state index is 12.9. The smallest absolute Gasteiger partial charge is 0.258 e. The number of aromatic amines is 1. The summed E-state index contributed by atoms with van der Waals surface area (Å²) in [6, 6.07) is 13.3. The van der Waals surface area contributed by atoms with Gasteiger partial charge in [-0.3, -0.25) is 9.59 Å². The van der Waals surface area contributed by atoms with Crippen LogP contribution in [0.4, 0.5) is 0 Å². The van der Waals surface area contributed by atoms with E-state index < -0.39 is 0 Å². The van der Waals surface area contributed by atoms with Crippen LogP contribution in [0, 0.1) is 0 Å². The number of ether oxygens (including phenoxy) is 2. The number of aryl methyl sites for hydroxylation is 1. The number of amides is 1. The Bertz CT molecular complexity index is 1060. The molecule has 6 nitrogen and oxygen atoms in total. The minimum atomic E-state index is -0.313. The largest absolute Gasteiger partial charge is 0.490 e. The van der Waals surface area contributed by atoms with Gasteiger partial charge in [-0.2, -0.15) is 0 Å². The molecular formula is C24H28N2O4. The third-order valence-electron chi connectivity index (χ3n) is 4.85. The fourth-order valence-corrected chi connectivity index (χ4v) is 3.22. The van der Waals surface area contributed by atoms with Gasteiger partial charge in [-0.05, 0) is 36.6 Å². The molecular weight excluding hydrogens is 380 g/mol. The highest BCUT2D eigenvalue weighted by Gasteiger charge is 2.16. The van der Waals surface area contributed by atoms with Gasteiger partial charge in [0.1, 0.15) is 30.3 Å². The minimum Gasteiger partial charge on any atom is -0.490 e. The van der Waals surface area contributed by atoms with E-state index in [1.54, 1.807) is 14.1 Å². The predicted molar refractivity (Wildman–Crippen MR) is 119 cm³/mol. The van der Waals surface area contributed by atoms with Crippen molar-refractivity contribution in [3.05, 3.63) is 70.0 Å². The Balaban J connectivity index is 1.84. The van der Waals surface area contributed by atoms with E-state index in [1.807, 2.05) is 42.5 Å². The van der Waals surface area contributed by atoms with E-state index in [4.69, 9.17) is 9.47 Å². The molecule has 6 heteroatoms. The molecule has 0 aliphatic heterocycles. The monoisotopic (exact) mass is 408 g/mol. The highest BCUT2D eigenvalue weighted by atomic mass is 16.5. The first-order valence-electron chi connectivity index (χ1n) is 10.2. The quantitative estimate of drug-likeness (QED) is 0.543. The highest BCUT2D eigenvalue weighted by Crippen LogP contribution is 2.26. The molecule has 0 fully saturated rings. The highest BCUT2D eigenvalue weighted by molar-refractivity contribution is 5.97. The van der Waals surface area contributed by atoms with Crippen LogP contribution in [0.25, 0.3) is 10.9 Å². The van der Waals surface area contributed by atoms with Gasteiger partial charge < -0.3 is 19.4 Å². The molecule has 0 bridgehead atoms. The predicted octanol–water partition coefficient (Wildman–Crippen LogP) is 4.03. The number of carbonyl (C=O) groups is 1. The second-order valence-electron chi connectivity index (χ2n) is 7.35. The molecule has 0 radical (unpaired) electrons. The normalized spacial score (nSPS) is 10.8. The summed E-state index contributed by atoms with van der Waals surface area (Å²) in [5.74, 6) is 1.22. The minimum absolute atomic E-state index is 0.138. The molecule has 0 spiro atoms. The maximum atomic E-state index is 12.9. The number of hydrogen-bond acceptors (Lipinski definition) is 4. The number of aromatic nitrogens is 1. The van der Waals surface area contributed by atoms with Gasteiger partial charge in [0.15, 0.2) is 0 Å². The molecule has 3 aromatic rings. The summed E-state index contributed by atoms with van der Waals surface area (Å²) in [5, 5.41) is 0.502. The molecule has 158 valence electrons. The van der Waals surface area contributed by atoms with E-state index in [0.29, 0.717) is 24.1 Å². The summed E-state index contributed by atoms with van der Waals surface area (Å²) in [7, 11) is 3.26. The summed E-state index contributed by atoms with van der Waals surface area (Å²) < 4.78 is 11.7. The Morgan fingerprint density at radius 1 is 1.07 bits per heavy atom. The molecule has 30 heavy (non-hydrogen) atoms. The topological polar surface area (TPSA) is 71.6 Å². The van der Waals surface area contributed by atoms with Gasteiger partial charge in [0.2, 0.25) is 5.43 Å². The molecule has 0 unspecified atom stereocenters. The maximum Gasteiger partial charge on any atom is 0.258 e. The summed E-state index contributed by atoms with van der Waals surface area (Å²) in [6.45, 7) is 2.93. The van der Waals surface area contributed by atoms with Crippen molar-refractivity contribution in [2.45, 2.75) is 26.2 Å². The number of nitrogens with one attached hydrogen (secondary N) is 1. The first-order valence-corrected chi connectivity index (χ1v) is 10.2. The number of nitrogens with zero attached hydrogens (tertiary/aromatic N) is 1. The summed E-state index contributed by atoms with van der Waals surface area (Å²) >= 11 is 0. The lowest BCUT2D eigenvalue weighted by Crippen LogP contribution is -2.27. The lowest BCUT2D eigenvalue weighted by molar-refractivity contribution is 0.0826. The fourth-order valence-electron chi connectivity index (χ4n) is 3.22. The zero-order valence-electron chi connectivity index (χ0n) is 17.7. The van der Waals surface area contributed by atoms with Crippen LogP contribution < -0.4 is 14.9 Å². The summed E-state index contributed by atoms with van der Waals surface area (Å²) in [5.41, 5.74) is 1.48. The van der Waals surface area contributed by atoms with Crippen molar-refractivity contribution >= 4 is 16.8 Å². The Labute approximate surface area is 176 Å². The summed E-state index contributed by atoms with van der Waals surface area (Å²) in [6.07, 6.45) is 4.29. The summed E-state index contributed by atoms with van der Waals surface area (Å²) in [4.78, 5) is 29.7. The van der Waals surface area contributed by atoms with Crippen molar-refractivity contribution in [1.82, 2.24) is 9.88 Å². The van der Waals surface area contributed by atoms with Crippen molar-refractivity contribution < 1.29 is 14.3 Å². The number of H-pyrrole nitrogens is 1. The zero-order chi connectivity index (χ0) is 21.5.